The molecule has 2 aliphatic rings. The standard InChI is InChI=1S/C37H33/c1-4-25-22-15-23-29-24-32-35(28-20-13-14-21-28)30(5-2)31(6-3)36(37(32)33(25)29)34(26-16-9-7-10-17-26)27-18-11-8-12-19-27/h7-20,22-23H,4-6,21H2,1-3H3. The van der Waals surface area contributed by atoms with Crippen LogP contribution in [0.5, 0.6) is 0 Å². The summed E-state index contributed by atoms with van der Waals surface area (Å²) < 4.78 is 0. The summed E-state index contributed by atoms with van der Waals surface area (Å²) in [4.78, 5) is 0. The van der Waals surface area contributed by atoms with Crippen LogP contribution in [0, 0.1) is 10.4 Å². The van der Waals surface area contributed by atoms with Crippen LogP contribution in [0.1, 0.15) is 66.1 Å². The summed E-state index contributed by atoms with van der Waals surface area (Å²) in [6.07, 6.45) is 14.8. The van der Waals surface area contributed by atoms with Crippen LogP contribution in [0.15, 0.2) is 97.1 Å². The van der Waals surface area contributed by atoms with E-state index in [1.165, 1.54) is 71.0 Å². The van der Waals surface area contributed by atoms with E-state index in [0.29, 0.717) is 0 Å². The zero-order valence-corrected chi connectivity index (χ0v) is 22.1. The number of rotatable bonds is 6. The molecule has 4 aromatic rings. The van der Waals surface area contributed by atoms with Crippen molar-refractivity contribution in [1.29, 1.82) is 0 Å². The van der Waals surface area contributed by atoms with Gasteiger partial charge in [0.05, 0.1) is 0 Å². The van der Waals surface area contributed by atoms with Crippen LogP contribution in [0.4, 0.5) is 0 Å². The number of hydrogen-bond donors (Lipinski definition) is 0. The van der Waals surface area contributed by atoms with Gasteiger partial charge in [-0.15, -0.1) is 0 Å². The summed E-state index contributed by atoms with van der Waals surface area (Å²) in [5.74, 6) is 0. The Morgan fingerprint density at radius 2 is 1.38 bits per heavy atom. The molecule has 0 heterocycles. The number of fused-ring (bicyclic) bond motifs is 2. The molecule has 0 fully saturated rings. The largest absolute Gasteiger partial charge is 0.0801 e. The average Bonchev–Trinajstić information content (AvgIpc) is 3.62. The van der Waals surface area contributed by atoms with Gasteiger partial charge in [0.2, 0.25) is 0 Å². The van der Waals surface area contributed by atoms with Gasteiger partial charge in [-0.05, 0) is 103 Å². The average molecular weight is 478 g/mol. The lowest BCUT2D eigenvalue weighted by Gasteiger charge is -2.21. The molecule has 0 nitrogen and oxygen atoms in total. The first kappa shape index (κ1) is 23.5. The summed E-state index contributed by atoms with van der Waals surface area (Å²) in [5.41, 5.74) is 12.4. The molecule has 0 unspecified atom stereocenters. The van der Waals surface area contributed by atoms with Gasteiger partial charge in [-0.1, -0.05) is 118 Å². The maximum absolute atomic E-state index is 3.94. The zero-order chi connectivity index (χ0) is 25.4. The van der Waals surface area contributed by atoms with Gasteiger partial charge in [0.1, 0.15) is 0 Å². The molecule has 0 saturated heterocycles. The molecule has 0 N–H and O–H groups in total. The van der Waals surface area contributed by atoms with E-state index in [0.717, 1.165) is 25.7 Å². The van der Waals surface area contributed by atoms with E-state index in [1.54, 1.807) is 0 Å². The highest BCUT2D eigenvalue weighted by Gasteiger charge is 2.23. The maximum Gasteiger partial charge on any atom is -0.000709 e. The van der Waals surface area contributed by atoms with E-state index in [4.69, 9.17) is 0 Å². The summed E-state index contributed by atoms with van der Waals surface area (Å²) in [6.45, 7) is 6.93. The molecule has 6 rings (SSSR count). The minimum absolute atomic E-state index is 0.992. The Kier molecular flexibility index (Phi) is 6.26. The predicted molar refractivity (Wildman–Crippen MR) is 157 cm³/mol. The van der Waals surface area contributed by atoms with Crippen molar-refractivity contribution < 1.29 is 0 Å². The molecule has 1 radical (unpaired) electrons. The molecular weight excluding hydrogens is 444 g/mol. The lowest BCUT2D eigenvalue weighted by Crippen LogP contribution is -2.22. The van der Waals surface area contributed by atoms with Crippen molar-refractivity contribution in [2.45, 2.75) is 46.5 Å². The SMILES string of the molecule is CCc1c(C2=CC=CC2)c2c(c(=C(c3ccccc3)c3ccccc3)c1CC)=c1c(CC)cccc1=[C]2. The Bertz CT molecular complexity index is 1720. The minimum atomic E-state index is 0.992. The molecule has 0 aliphatic heterocycles. The van der Waals surface area contributed by atoms with E-state index >= 15 is 0 Å². The Morgan fingerprint density at radius 1 is 0.703 bits per heavy atom. The monoisotopic (exact) mass is 477 g/mol. The fraction of sp³-hybridized carbons (Fsp3) is 0.189. The first-order valence-corrected chi connectivity index (χ1v) is 13.7. The quantitative estimate of drug-likeness (QED) is 0.241. The van der Waals surface area contributed by atoms with E-state index in [-0.39, 0.29) is 0 Å². The molecule has 4 aromatic carbocycles. The molecule has 0 bridgehead atoms. The van der Waals surface area contributed by atoms with E-state index in [2.05, 4.69) is 124 Å². The fourth-order valence-corrected chi connectivity index (χ4v) is 6.37. The van der Waals surface area contributed by atoms with Crippen molar-refractivity contribution in [3.8, 4) is 0 Å². The molecule has 37 heavy (non-hydrogen) atoms. The highest BCUT2D eigenvalue weighted by atomic mass is 14.3. The van der Waals surface area contributed by atoms with E-state index < -0.39 is 0 Å². The second-order valence-electron chi connectivity index (χ2n) is 9.91. The third-order valence-corrected chi connectivity index (χ3v) is 7.93. The molecule has 0 spiro atoms. The van der Waals surface area contributed by atoms with E-state index in [1.807, 2.05) is 0 Å². The highest BCUT2D eigenvalue weighted by Crippen LogP contribution is 2.34. The second-order valence-corrected chi connectivity index (χ2v) is 9.91. The van der Waals surface area contributed by atoms with Crippen LogP contribution in [-0.2, 0) is 19.3 Å². The lowest BCUT2D eigenvalue weighted by molar-refractivity contribution is 1.00. The van der Waals surface area contributed by atoms with Crippen molar-refractivity contribution >= 4 is 17.2 Å². The van der Waals surface area contributed by atoms with Crippen LogP contribution < -0.4 is 10.4 Å². The minimum Gasteiger partial charge on any atom is -0.0801 e. The smallest absolute Gasteiger partial charge is 0.000709 e. The topological polar surface area (TPSA) is 0 Å². The number of aryl methyl sites for hydroxylation is 1. The molecule has 0 atom stereocenters. The number of allylic oxidation sites excluding steroid dienone is 4. The molecule has 0 heteroatoms. The Labute approximate surface area is 220 Å². The molecule has 181 valence electrons. The van der Waals surface area contributed by atoms with Gasteiger partial charge in [0.25, 0.3) is 0 Å². The summed E-state index contributed by atoms with van der Waals surface area (Å²) in [7, 11) is 0. The number of hydrogen-bond acceptors (Lipinski definition) is 0. The van der Waals surface area contributed by atoms with Gasteiger partial charge < -0.3 is 0 Å². The normalized spacial score (nSPS) is 13.2. The van der Waals surface area contributed by atoms with Gasteiger partial charge in [-0.25, -0.2) is 0 Å². The number of benzene rings is 4. The zero-order valence-electron chi connectivity index (χ0n) is 22.1. The van der Waals surface area contributed by atoms with Gasteiger partial charge in [-0.3, -0.25) is 0 Å². The Morgan fingerprint density at radius 3 is 1.95 bits per heavy atom. The molecule has 0 saturated carbocycles. The second kappa shape index (κ2) is 9.87. The van der Waals surface area contributed by atoms with Crippen molar-refractivity contribution in [3.63, 3.8) is 0 Å². The summed E-state index contributed by atoms with van der Waals surface area (Å²) in [5, 5.41) is 5.39. The van der Waals surface area contributed by atoms with Gasteiger partial charge in [0.15, 0.2) is 0 Å². The van der Waals surface area contributed by atoms with Gasteiger partial charge in [0, 0.05) is 0 Å². The predicted octanol–water partition coefficient (Wildman–Crippen LogP) is 7.27. The lowest BCUT2D eigenvalue weighted by atomic mass is 9.82. The van der Waals surface area contributed by atoms with Crippen LogP contribution in [0.3, 0.4) is 0 Å². The van der Waals surface area contributed by atoms with Crippen LogP contribution >= 0.6 is 0 Å². The molecule has 0 amide bonds. The first-order valence-electron chi connectivity index (χ1n) is 13.7. The Balaban J connectivity index is 1.98. The van der Waals surface area contributed by atoms with Crippen molar-refractivity contribution in [3.05, 3.63) is 157 Å². The Hall–Kier alpha value is -3.90. The van der Waals surface area contributed by atoms with Gasteiger partial charge in [-0.2, -0.15) is 0 Å². The van der Waals surface area contributed by atoms with Crippen molar-refractivity contribution in [2.24, 2.45) is 0 Å². The fourth-order valence-electron chi connectivity index (χ4n) is 6.37. The van der Waals surface area contributed by atoms with Crippen LogP contribution in [-0.4, -0.2) is 0 Å². The molecule has 2 aliphatic carbocycles. The first-order chi connectivity index (χ1) is 18.3. The van der Waals surface area contributed by atoms with Crippen LogP contribution in [0.25, 0.3) is 17.2 Å². The third kappa shape index (κ3) is 3.83. The molecule has 0 aromatic heterocycles. The van der Waals surface area contributed by atoms with E-state index in [9.17, 15) is 0 Å². The van der Waals surface area contributed by atoms with Gasteiger partial charge >= 0.3 is 0 Å². The maximum atomic E-state index is 3.94. The van der Waals surface area contributed by atoms with Crippen LogP contribution in [0.2, 0.25) is 0 Å². The summed E-state index contributed by atoms with van der Waals surface area (Å²) >= 11 is 0. The summed E-state index contributed by atoms with van der Waals surface area (Å²) in [6, 6.07) is 28.7. The highest BCUT2D eigenvalue weighted by molar-refractivity contribution is 5.86. The van der Waals surface area contributed by atoms with Crippen molar-refractivity contribution in [1.82, 2.24) is 0 Å². The molecular formula is C37H33. The third-order valence-electron chi connectivity index (χ3n) is 7.93. The van der Waals surface area contributed by atoms with Crippen molar-refractivity contribution in [2.75, 3.05) is 0 Å².